The summed E-state index contributed by atoms with van der Waals surface area (Å²) < 4.78 is 22.1. The van der Waals surface area contributed by atoms with Crippen molar-refractivity contribution in [1.82, 2.24) is 0 Å². The summed E-state index contributed by atoms with van der Waals surface area (Å²) in [5.74, 6) is 0. The first kappa shape index (κ1) is 36.0. The Morgan fingerprint density at radius 1 is 0.722 bits per heavy atom. The maximum atomic E-state index is 8.88. The van der Waals surface area contributed by atoms with Gasteiger partial charge in [0.15, 0.2) is 0 Å². The van der Waals surface area contributed by atoms with Gasteiger partial charge in [-0.3, -0.25) is 0 Å². The van der Waals surface area contributed by atoms with Gasteiger partial charge in [-0.15, -0.1) is 0 Å². The van der Waals surface area contributed by atoms with Crippen LogP contribution >= 0.6 is 15.6 Å². The van der Waals surface area contributed by atoms with Gasteiger partial charge in [-0.1, -0.05) is 13.2 Å². The van der Waals surface area contributed by atoms with Crippen LogP contribution in [-0.4, -0.2) is 45.8 Å². The Morgan fingerprint density at radius 3 is 0.833 bits per heavy atom. The van der Waals surface area contributed by atoms with Crippen LogP contribution in [0.4, 0.5) is 0 Å². The van der Waals surface area contributed by atoms with Crippen molar-refractivity contribution >= 4 is 15.6 Å². The third-order valence-electron chi connectivity index (χ3n) is 0.192. The van der Waals surface area contributed by atoms with E-state index in [9.17, 15) is 0 Å². The van der Waals surface area contributed by atoms with Crippen LogP contribution in [0, 0.1) is 0 Å². The molecule has 0 atom stereocenters. The third-order valence-corrected chi connectivity index (χ3v) is 0.192. The van der Waals surface area contributed by atoms with Crippen LogP contribution in [0.2, 0.25) is 0 Å². The van der Waals surface area contributed by atoms with E-state index >= 15 is 0 Å². The van der Waals surface area contributed by atoms with Crippen LogP contribution in [0.15, 0.2) is 25.7 Å². The van der Waals surface area contributed by atoms with Crippen molar-refractivity contribution in [3.8, 4) is 0 Å². The molecule has 0 aromatic rings. The van der Waals surface area contributed by atoms with Crippen molar-refractivity contribution < 1.29 is 59.7 Å². The summed E-state index contributed by atoms with van der Waals surface area (Å²) in [5.41, 5.74) is 0. The van der Waals surface area contributed by atoms with Gasteiger partial charge in [0, 0.05) is 0 Å². The highest BCUT2D eigenvalue weighted by molar-refractivity contribution is 7.45. The molecule has 0 saturated heterocycles. The van der Waals surface area contributed by atoms with Crippen molar-refractivity contribution in [2.45, 2.75) is 0 Å². The van der Waals surface area contributed by atoms with E-state index in [1.54, 1.807) is 0 Å². The molecule has 12 nitrogen and oxygen atoms in total. The molecule has 0 aliphatic carbocycles. The fourth-order valence-corrected chi connectivity index (χ4v) is 0.0680. The molecule has 116 valence electrons. The van der Waals surface area contributed by atoms with Crippen LogP contribution < -0.4 is 0 Å². The van der Waals surface area contributed by atoms with Crippen LogP contribution in [-0.2, 0) is 13.9 Å². The van der Waals surface area contributed by atoms with Gasteiger partial charge in [0.1, 0.15) is 0 Å². The molecule has 0 amide bonds. The molecule has 0 spiro atoms. The first-order valence-electron chi connectivity index (χ1n) is 2.85. The van der Waals surface area contributed by atoms with Crippen LogP contribution in [0.5, 0.6) is 0 Å². The van der Waals surface area contributed by atoms with Crippen molar-refractivity contribution in [2.24, 2.45) is 0 Å². The quantitative estimate of drug-likeness (QED) is 0.222. The minimum absolute atomic E-state index is 0. The number of hydrogen-bond donors (Lipinski definition) is 6. The Bertz CT molecular complexity index is 208. The monoisotopic (exact) mass is 320 g/mol. The summed E-state index contributed by atoms with van der Waals surface area (Å²) in [6, 6.07) is 0. The Kier molecular flexibility index (Phi) is 37.5. The number of ether oxygens (including phenoxy) is 1. The zero-order valence-corrected chi connectivity index (χ0v) is 10.7. The molecule has 0 bridgehead atoms. The van der Waals surface area contributed by atoms with Gasteiger partial charge in [-0.25, -0.2) is 9.13 Å². The summed E-state index contributed by atoms with van der Waals surface area (Å²) in [6.07, 6.45) is 2.62. The maximum absolute atomic E-state index is 8.88. The Balaban J connectivity index is -0.0000000277. The second kappa shape index (κ2) is 18.7. The summed E-state index contributed by atoms with van der Waals surface area (Å²) in [4.78, 5) is 43.1. The molecule has 0 aliphatic heterocycles. The lowest BCUT2D eigenvalue weighted by molar-refractivity contribution is 0.272. The number of rotatable bonds is 2. The van der Waals surface area contributed by atoms with E-state index in [1.165, 1.54) is 12.5 Å². The molecule has 0 fully saturated rings. The van der Waals surface area contributed by atoms with Crippen molar-refractivity contribution in [3.63, 3.8) is 0 Å². The standard InChI is InChI=1S/C4H6O.2H3O4P.3H2O/c1-3-5-4-2;2*1-5(2,3)4;;;/h3-4H,1-2H2;2*(H3,1,2,3,4);3*1H2. The average molecular weight is 320 g/mol. The summed E-state index contributed by atoms with van der Waals surface area (Å²) in [6.45, 7) is 6.51. The molecule has 0 heterocycles. The molecule has 0 aliphatic rings. The minimum Gasteiger partial charge on any atom is -0.474 e. The Labute approximate surface area is 102 Å². The van der Waals surface area contributed by atoms with E-state index < -0.39 is 15.6 Å². The van der Waals surface area contributed by atoms with Gasteiger partial charge >= 0.3 is 15.6 Å². The second-order valence-electron chi connectivity index (χ2n) is 1.50. The lowest BCUT2D eigenvalue weighted by Crippen LogP contribution is -1.66. The van der Waals surface area contributed by atoms with Crippen LogP contribution in [0.1, 0.15) is 0 Å². The molecule has 12 N–H and O–H groups in total. The normalized spacial score (nSPS) is 8.11. The fourth-order valence-electron chi connectivity index (χ4n) is 0.0680. The van der Waals surface area contributed by atoms with Gasteiger partial charge in [0.2, 0.25) is 0 Å². The SMILES string of the molecule is C=COC=C.O.O.O.O=P(O)(O)O.O=P(O)(O)O. The van der Waals surface area contributed by atoms with E-state index in [2.05, 4.69) is 17.9 Å². The summed E-state index contributed by atoms with van der Waals surface area (Å²) in [7, 11) is -9.28. The van der Waals surface area contributed by atoms with Gasteiger partial charge < -0.3 is 50.5 Å². The molecule has 0 aromatic heterocycles. The predicted molar refractivity (Wildman–Crippen MR) is 60.8 cm³/mol. The summed E-state index contributed by atoms with van der Waals surface area (Å²) >= 11 is 0. The molecule has 0 rings (SSSR count). The van der Waals surface area contributed by atoms with Crippen LogP contribution in [0.25, 0.3) is 0 Å². The van der Waals surface area contributed by atoms with E-state index in [1.807, 2.05) is 0 Å². The zero-order chi connectivity index (χ0) is 13.1. The minimum atomic E-state index is -4.64. The Morgan fingerprint density at radius 2 is 0.833 bits per heavy atom. The van der Waals surface area contributed by atoms with E-state index in [0.717, 1.165) is 0 Å². The molecular weight excluding hydrogens is 302 g/mol. The van der Waals surface area contributed by atoms with E-state index in [4.69, 9.17) is 38.5 Å². The first-order chi connectivity index (χ1) is 6.41. The third kappa shape index (κ3) is 1670. The highest BCUT2D eigenvalue weighted by Gasteiger charge is 2.00. The average Bonchev–Trinajstić information content (AvgIpc) is 1.80. The highest BCUT2D eigenvalue weighted by atomic mass is 31.2. The van der Waals surface area contributed by atoms with Crippen molar-refractivity contribution in [3.05, 3.63) is 25.7 Å². The molecular formula is C4H18O12P2. The smallest absolute Gasteiger partial charge is 0.466 e. The second-order valence-corrected chi connectivity index (χ2v) is 3.55. The predicted octanol–water partition coefficient (Wildman–Crippen LogP) is -3.04. The number of phosphoric acid groups is 2. The number of hydrogen-bond acceptors (Lipinski definition) is 3. The first-order valence-corrected chi connectivity index (χ1v) is 5.98. The van der Waals surface area contributed by atoms with Crippen molar-refractivity contribution in [1.29, 1.82) is 0 Å². The van der Waals surface area contributed by atoms with Gasteiger partial charge in [0.05, 0.1) is 12.5 Å². The van der Waals surface area contributed by atoms with Gasteiger partial charge in [-0.05, 0) is 0 Å². The lowest BCUT2D eigenvalue weighted by Gasteiger charge is -1.82. The largest absolute Gasteiger partial charge is 0.474 e. The molecule has 18 heavy (non-hydrogen) atoms. The van der Waals surface area contributed by atoms with E-state index in [0.29, 0.717) is 0 Å². The molecule has 0 saturated carbocycles. The molecule has 0 aromatic carbocycles. The fraction of sp³-hybridized carbons (Fsp3) is 0. The van der Waals surface area contributed by atoms with Gasteiger partial charge in [0.25, 0.3) is 0 Å². The molecule has 0 unspecified atom stereocenters. The van der Waals surface area contributed by atoms with Crippen LogP contribution in [0.3, 0.4) is 0 Å². The van der Waals surface area contributed by atoms with E-state index in [-0.39, 0.29) is 16.4 Å². The lowest BCUT2D eigenvalue weighted by atomic mass is 11.1. The highest BCUT2D eigenvalue weighted by Crippen LogP contribution is 2.26. The topological polar surface area (TPSA) is 259 Å². The Hall–Kier alpha value is -0.620. The van der Waals surface area contributed by atoms with Gasteiger partial charge in [-0.2, -0.15) is 0 Å². The summed E-state index contributed by atoms with van der Waals surface area (Å²) in [5, 5.41) is 0. The molecule has 0 radical (unpaired) electrons. The molecule has 14 heteroatoms. The zero-order valence-electron chi connectivity index (χ0n) is 8.87. The van der Waals surface area contributed by atoms with Crippen molar-refractivity contribution in [2.75, 3.05) is 0 Å². The maximum Gasteiger partial charge on any atom is 0.466 e.